The molecule has 4 nitrogen and oxygen atoms in total. The van der Waals surface area contributed by atoms with Gasteiger partial charge in [0.25, 0.3) is 0 Å². The molecule has 1 aliphatic heterocycles. The van der Waals surface area contributed by atoms with E-state index in [1.165, 1.54) is 0 Å². The summed E-state index contributed by atoms with van der Waals surface area (Å²) in [5.41, 5.74) is 0.716. The summed E-state index contributed by atoms with van der Waals surface area (Å²) in [5.74, 6) is 0.738. The average Bonchev–Trinajstić information content (AvgIpc) is 3.02. The number of hydrogen-bond donors (Lipinski definition) is 0. The van der Waals surface area contributed by atoms with Crippen molar-refractivity contribution < 1.29 is 14.3 Å². The summed E-state index contributed by atoms with van der Waals surface area (Å²) in [6.07, 6.45) is 4.02. The molecule has 1 heterocycles. The largest absolute Gasteiger partial charge is 0.486 e. The second kappa shape index (κ2) is 5.54. The Hall–Kier alpha value is -2.02. The van der Waals surface area contributed by atoms with Gasteiger partial charge >= 0.3 is 0 Å². The van der Waals surface area contributed by atoms with Gasteiger partial charge in [-0.2, -0.15) is 5.26 Å². The standard InChI is InChI=1S/C16H17NO3/c17-10-13(16(18)11-3-1-2-4-11)12-5-6-14-15(9-12)20-8-7-19-14/h5-6,9,11,13H,1-4,7-8H2. The third-order valence-electron chi connectivity index (χ3n) is 4.07. The maximum atomic E-state index is 12.5. The number of carbonyl (C=O) groups is 1. The van der Waals surface area contributed by atoms with Crippen LogP contribution in [0.25, 0.3) is 0 Å². The highest BCUT2D eigenvalue weighted by atomic mass is 16.6. The minimum Gasteiger partial charge on any atom is -0.486 e. The van der Waals surface area contributed by atoms with Crippen molar-refractivity contribution in [3.05, 3.63) is 23.8 Å². The number of nitrogens with zero attached hydrogens (tertiary/aromatic N) is 1. The van der Waals surface area contributed by atoms with Gasteiger partial charge in [0.1, 0.15) is 19.1 Å². The summed E-state index contributed by atoms with van der Waals surface area (Å²) in [7, 11) is 0. The van der Waals surface area contributed by atoms with Gasteiger partial charge < -0.3 is 9.47 Å². The van der Waals surface area contributed by atoms with Crippen LogP contribution in [0.5, 0.6) is 11.5 Å². The minimum atomic E-state index is -0.686. The first-order valence-electron chi connectivity index (χ1n) is 7.12. The number of hydrogen-bond acceptors (Lipinski definition) is 4. The molecule has 0 bridgehead atoms. The van der Waals surface area contributed by atoms with Crippen molar-refractivity contribution in [3.8, 4) is 17.6 Å². The summed E-state index contributed by atoms with van der Waals surface area (Å²) in [6.45, 7) is 1.04. The molecular weight excluding hydrogens is 254 g/mol. The van der Waals surface area contributed by atoms with Crippen molar-refractivity contribution in [1.82, 2.24) is 0 Å². The Labute approximate surface area is 118 Å². The number of fused-ring (bicyclic) bond motifs is 1. The molecule has 4 heteroatoms. The molecule has 1 unspecified atom stereocenters. The number of rotatable bonds is 3. The van der Waals surface area contributed by atoms with Gasteiger partial charge in [-0.3, -0.25) is 4.79 Å². The first-order chi connectivity index (χ1) is 9.79. The van der Waals surface area contributed by atoms with Crippen molar-refractivity contribution in [1.29, 1.82) is 5.26 Å². The van der Waals surface area contributed by atoms with E-state index in [1.54, 1.807) is 18.2 Å². The average molecular weight is 271 g/mol. The molecular formula is C16H17NO3. The third kappa shape index (κ3) is 2.36. The smallest absolute Gasteiger partial charge is 0.161 e. The van der Waals surface area contributed by atoms with Crippen molar-refractivity contribution in [2.75, 3.05) is 13.2 Å². The first kappa shape index (κ1) is 13.0. The van der Waals surface area contributed by atoms with Gasteiger partial charge in [-0.1, -0.05) is 18.9 Å². The van der Waals surface area contributed by atoms with Gasteiger partial charge in [-0.15, -0.1) is 0 Å². The van der Waals surface area contributed by atoms with E-state index in [9.17, 15) is 10.1 Å². The number of ether oxygens (including phenoxy) is 2. The minimum absolute atomic E-state index is 0.0489. The molecule has 0 amide bonds. The van der Waals surface area contributed by atoms with E-state index in [0.717, 1.165) is 25.7 Å². The number of nitriles is 1. The summed E-state index contributed by atoms with van der Waals surface area (Å²) in [5, 5.41) is 9.37. The number of ketones is 1. The van der Waals surface area contributed by atoms with E-state index in [2.05, 4.69) is 6.07 Å². The lowest BCUT2D eigenvalue weighted by molar-refractivity contribution is -0.123. The normalized spacial score (nSPS) is 19.4. The molecule has 1 aromatic carbocycles. The van der Waals surface area contributed by atoms with E-state index in [4.69, 9.17) is 9.47 Å². The Morgan fingerprint density at radius 2 is 1.90 bits per heavy atom. The maximum Gasteiger partial charge on any atom is 0.161 e. The van der Waals surface area contributed by atoms with Crippen molar-refractivity contribution in [2.24, 2.45) is 5.92 Å². The topological polar surface area (TPSA) is 59.3 Å². The van der Waals surface area contributed by atoms with Crippen LogP contribution in [-0.4, -0.2) is 19.0 Å². The molecule has 0 aromatic heterocycles. The molecule has 1 saturated carbocycles. The lowest BCUT2D eigenvalue weighted by atomic mass is 9.87. The number of carbonyl (C=O) groups excluding carboxylic acids is 1. The van der Waals surface area contributed by atoms with Crippen LogP contribution in [0.3, 0.4) is 0 Å². The molecule has 0 saturated heterocycles. The van der Waals surface area contributed by atoms with Crippen LogP contribution in [0, 0.1) is 17.2 Å². The molecule has 1 atom stereocenters. The predicted molar refractivity (Wildman–Crippen MR) is 72.8 cm³/mol. The highest BCUT2D eigenvalue weighted by molar-refractivity contribution is 5.90. The Morgan fingerprint density at radius 3 is 2.60 bits per heavy atom. The SMILES string of the molecule is N#CC(C(=O)C1CCCC1)c1ccc2c(c1)OCCO2. The van der Waals surface area contributed by atoms with Crippen LogP contribution in [0.2, 0.25) is 0 Å². The van der Waals surface area contributed by atoms with Gasteiger partial charge in [0.2, 0.25) is 0 Å². The molecule has 3 rings (SSSR count). The fourth-order valence-corrected chi connectivity index (χ4v) is 2.99. The lowest BCUT2D eigenvalue weighted by Gasteiger charge is -2.20. The van der Waals surface area contributed by atoms with E-state index in [0.29, 0.717) is 30.3 Å². The molecule has 1 fully saturated rings. The second-order valence-electron chi connectivity index (χ2n) is 5.35. The van der Waals surface area contributed by atoms with Gasteiger partial charge in [0, 0.05) is 5.92 Å². The van der Waals surface area contributed by atoms with Crippen LogP contribution >= 0.6 is 0 Å². The number of benzene rings is 1. The van der Waals surface area contributed by atoms with Crippen molar-refractivity contribution in [3.63, 3.8) is 0 Å². The first-order valence-corrected chi connectivity index (χ1v) is 7.12. The third-order valence-corrected chi connectivity index (χ3v) is 4.07. The summed E-state index contributed by atoms with van der Waals surface area (Å²) in [4.78, 5) is 12.5. The van der Waals surface area contributed by atoms with Gasteiger partial charge in [-0.05, 0) is 30.5 Å². The van der Waals surface area contributed by atoms with Crippen LogP contribution < -0.4 is 9.47 Å². The summed E-state index contributed by atoms with van der Waals surface area (Å²) < 4.78 is 11.0. The van der Waals surface area contributed by atoms with Gasteiger partial charge in [0.15, 0.2) is 17.3 Å². The van der Waals surface area contributed by atoms with Crippen LogP contribution in [0.4, 0.5) is 0 Å². The zero-order chi connectivity index (χ0) is 13.9. The predicted octanol–water partition coefficient (Wildman–Crippen LogP) is 2.82. The Bertz CT molecular complexity index is 555. The maximum absolute atomic E-state index is 12.5. The van der Waals surface area contributed by atoms with Gasteiger partial charge in [-0.25, -0.2) is 0 Å². The Morgan fingerprint density at radius 1 is 1.20 bits per heavy atom. The monoisotopic (exact) mass is 271 g/mol. The highest BCUT2D eigenvalue weighted by Gasteiger charge is 2.31. The summed E-state index contributed by atoms with van der Waals surface area (Å²) >= 11 is 0. The Balaban J connectivity index is 1.85. The molecule has 1 aromatic rings. The van der Waals surface area contributed by atoms with Crippen LogP contribution in [0.15, 0.2) is 18.2 Å². The second-order valence-corrected chi connectivity index (χ2v) is 5.35. The fourth-order valence-electron chi connectivity index (χ4n) is 2.99. The Kier molecular flexibility index (Phi) is 3.60. The summed E-state index contributed by atoms with van der Waals surface area (Å²) in [6, 6.07) is 7.52. The molecule has 20 heavy (non-hydrogen) atoms. The zero-order valence-corrected chi connectivity index (χ0v) is 11.3. The van der Waals surface area contributed by atoms with Gasteiger partial charge in [0.05, 0.1) is 6.07 Å². The fraction of sp³-hybridized carbons (Fsp3) is 0.500. The van der Waals surface area contributed by atoms with Crippen LogP contribution in [-0.2, 0) is 4.79 Å². The molecule has 0 N–H and O–H groups in total. The molecule has 0 radical (unpaired) electrons. The quantitative estimate of drug-likeness (QED) is 0.848. The highest BCUT2D eigenvalue weighted by Crippen LogP contribution is 2.36. The molecule has 104 valence electrons. The van der Waals surface area contributed by atoms with E-state index >= 15 is 0 Å². The molecule has 2 aliphatic rings. The number of Topliss-reactive ketones (excluding diaryl/α,β-unsaturated/α-hetero) is 1. The van der Waals surface area contributed by atoms with E-state index in [1.807, 2.05) is 0 Å². The van der Waals surface area contributed by atoms with Crippen molar-refractivity contribution >= 4 is 5.78 Å². The van der Waals surface area contributed by atoms with E-state index < -0.39 is 5.92 Å². The van der Waals surface area contributed by atoms with E-state index in [-0.39, 0.29) is 11.7 Å². The lowest BCUT2D eigenvalue weighted by Crippen LogP contribution is -2.20. The molecule has 1 aliphatic carbocycles. The zero-order valence-electron chi connectivity index (χ0n) is 11.3. The van der Waals surface area contributed by atoms with Crippen molar-refractivity contribution in [2.45, 2.75) is 31.6 Å². The molecule has 0 spiro atoms. The van der Waals surface area contributed by atoms with Crippen LogP contribution in [0.1, 0.15) is 37.2 Å².